The van der Waals surface area contributed by atoms with Gasteiger partial charge in [0.25, 0.3) is 0 Å². The summed E-state index contributed by atoms with van der Waals surface area (Å²) in [5.41, 5.74) is 2.00. The predicted octanol–water partition coefficient (Wildman–Crippen LogP) is 2.16. The molecule has 0 fully saturated rings. The minimum absolute atomic E-state index is 0.717. The van der Waals surface area contributed by atoms with Crippen LogP contribution in [0.15, 0.2) is 30.3 Å². The van der Waals surface area contributed by atoms with Crippen molar-refractivity contribution in [3.8, 4) is 0 Å². The fraction of sp³-hybridized carbons (Fsp3) is 0.0909. The van der Waals surface area contributed by atoms with Crippen LogP contribution >= 0.6 is 0 Å². The van der Waals surface area contributed by atoms with Gasteiger partial charge in [0.15, 0.2) is 0 Å². The van der Waals surface area contributed by atoms with Gasteiger partial charge in [-0.25, -0.2) is 4.79 Å². The second kappa shape index (κ2) is 4.45. The molecule has 1 radical (unpaired) electrons. The molecule has 2 heteroatoms. The van der Waals surface area contributed by atoms with Crippen molar-refractivity contribution in [3.05, 3.63) is 48.4 Å². The Hall–Kier alpha value is -1.57. The monoisotopic (exact) mass is 175 g/mol. The third-order valence-electron chi connectivity index (χ3n) is 1.66. The number of carbonyl (C=O) groups is 1. The van der Waals surface area contributed by atoms with Gasteiger partial charge in [0.2, 0.25) is 0 Å². The highest BCUT2D eigenvalue weighted by Crippen LogP contribution is 2.07. The highest BCUT2D eigenvalue weighted by molar-refractivity contribution is 5.85. The molecule has 0 saturated heterocycles. The molecule has 1 rings (SSSR count). The SMILES string of the molecule is [CH2]Cc1cccc(/C=C/C(=O)O)c1. The van der Waals surface area contributed by atoms with Crippen LogP contribution in [-0.4, -0.2) is 11.1 Å². The first-order valence-electron chi connectivity index (χ1n) is 4.01. The predicted molar refractivity (Wildman–Crippen MR) is 52.2 cm³/mol. The zero-order valence-corrected chi connectivity index (χ0v) is 7.23. The van der Waals surface area contributed by atoms with Gasteiger partial charge in [-0.2, -0.15) is 0 Å². The Morgan fingerprint density at radius 1 is 1.54 bits per heavy atom. The van der Waals surface area contributed by atoms with Crippen LogP contribution in [-0.2, 0) is 11.2 Å². The molecule has 0 heterocycles. The maximum atomic E-state index is 10.2. The van der Waals surface area contributed by atoms with Gasteiger partial charge in [0.1, 0.15) is 0 Å². The van der Waals surface area contributed by atoms with E-state index in [9.17, 15) is 4.79 Å². The highest BCUT2D eigenvalue weighted by Gasteiger charge is 1.91. The van der Waals surface area contributed by atoms with Gasteiger partial charge in [-0.05, 0) is 30.5 Å². The number of hydrogen-bond acceptors (Lipinski definition) is 1. The highest BCUT2D eigenvalue weighted by atomic mass is 16.4. The van der Waals surface area contributed by atoms with Crippen LogP contribution in [0.5, 0.6) is 0 Å². The van der Waals surface area contributed by atoms with Gasteiger partial charge in [0, 0.05) is 6.08 Å². The van der Waals surface area contributed by atoms with Crippen molar-refractivity contribution in [1.82, 2.24) is 0 Å². The van der Waals surface area contributed by atoms with E-state index in [1.54, 1.807) is 6.08 Å². The first-order chi connectivity index (χ1) is 6.22. The van der Waals surface area contributed by atoms with E-state index in [-0.39, 0.29) is 0 Å². The van der Waals surface area contributed by atoms with E-state index in [1.165, 1.54) is 0 Å². The number of aliphatic carboxylic acids is 1. The molecule has 0 spiro atoms. The van der Waals surface area contributed by atoms with Crippen LogP contribution in [0.2, 0.25) is 0 Å². The van der Waals surface area contributed by atoms with Crippen molar-refractivity contribution in [3.63, 3.8) is 0 Å². The van der Waals surface area contributed by atoms with Crippen molar-refractivity contribution in [2.45, 2.75) is 6.42 Å². The molecule has 0 aliphatic carbocycles. The molecule has 67 valence electrons. The summed E-state index contributed by atoms with van der Waals surface area (Å²) in [6.07, 6.45) is 3.42. The second-order valence-electron chi connectivity index (χ2n) is 2.67. The van der Waals surface area contributed by atoms with Crippen LogP contribution in [0.4, 0.5) is 0 Å². The largest absolute Gasteiger partial charge is 0.478 e. The lowest BCUT2D eigenvalue weighted by Crippen LogP contribution is -1.86. The quantitative estimate of drug-likeness (QED) is 0.715. The Morgan fingerprint density at radius 3 is 2.92 bits per heavy atom. The second-order valence-corrected chi connectivity index (χ2v) is 2.67. The summed E-state index contributed by atoms with van der Waals surface area (Å²) in [6, 6.07) is 7.64. The first kappa shape index (κ1) is 9.52. The zero-order chi connectivity index (χ0) is 9.68. The molecule has 0 aliphatic heterocycles. The number of carboxylic acid groups (broad SMARTS) is 1. The molecule has 0 saturated carbocycles. The molecule has 2 nitrogen and oxygen atoms in total. The van der Waals surface area contributed by atoms with E-state index in [4.69, 9.17) is 5.11 Å². The Labute approximate surface area is 77.5 Å². The van der Waals surface area contributed by atoms with E-state index < -0.39 is 5.97 Å². The van der Waals surface area contributed by atoms with Crippen molar-refractivity contribution in [1.29, 1.82) is 0 Å². The molecule has 0 atom stereocenters. The average molecular weight is 175 g/mol. The zero-order valence-electron chi connectivity index (χ0n) is 7.23. The van der Waals surface area contributed by atoms with E-state index in [2.05, 4.69) is 6.92 Å². The molecule has 0 aliphatic rings. The summed E-state index contributed by atoms with van der Waals surface area (Å²) in [7, 11) is 0. The molecule has 13 heavy (non-hydrogen) atoms. The van der Waals surface area contributed by atoms with Crippen molar-refractivity contribution < 1.29 is 9.90 Å². The van der Waals surface area contributed by atoms with Crippen LogP contribution in [0, 0.1) is 6.92 Å². The van der Waals surface area contributed by atoms with Crippen LogP contribution in [0.3, 0.4) is 0 Å². The summed E-state index contributed by atoms with van der Waals surface area (Å²) >= 11 is 0. The molecule has 0 aromatic heterocycles. The standard InChI is InChI=1S/C11H11O2/c1-2-9-4-3-5-10(8-9)6-7-11(12)13/h3-8H,1-2H2,(H,12,13)/b7-6+. The van der Waals surface area contributed by atoms with Gasteiger partial charge in [-0.3, -0.25) is 0 Å². The summed E-state index contributed by atoms with van der Waals surface area (Å²) in [6.45, 7) is 3.75. The number of carboxylic acids is 1. The third-order valence-corrected chi connectivity index (χ3v) is 1.66. The van der Waals surface area contributed by atoms with Crippen LogP contribution in [0.1, 0.15) is 11.1 Å². The maximum absolute atomic E-state index is 10.2. The van der Waals surface area contributed by atoms with E-state index in [1.807, 2.05) is 24.3 Å². The molecular weight excluding hydrogens is 164 g/mol. The van der Waals surface area contributed by atoms with Crippen molar-refractivity contribution in [2.24, 2.45) is 0 Å². The molecule has 1 aromatic carbocycles. The summed E-state index contributed by atoms with van der Waals surface area (Å²) in [5.74, 6) is -0.931. The maximum Gasteiger partial charge on any atom is 0.328 e. The van der Waals surface area contributed by atoms with E-state index >= 15 is 0 Å². The normalized spacial score (nSPS) is 10.5. The number of rotatable bonds is 3. The van der Waals surface area contributed by atoms with Gasteiger partial charge in [-0.1, -0.05) is 24.3 Å². The van der Waals surface area contributed by atoms with E-state index in [0.29, 0.717) is 0 Å². The van der Waals surface area contributed by atoms with Gasteiger partial charge < -0.3 is 5.11 Å². The summed E-state index contributed by atoms with van der Waals surface area (Å²) in [4.78, 5) is 10.2. The van der Waals surface area contributed by atoms with Gasteiger partial charge >= 0.3 is 5.97 Å². The fourth-order valence-corrected chi connectivity index (χ4v) is 1.02. The van der Waals surface area contributed by atoms with Crippen LogP contribution < -0.4 is 0 Å². The van der Waals surface area contributed by atoms with E-state index in [0.717, 1.165) is 23.6 Å². The van der Waals surface area contributed by atoms with Crippen molar-refractivity contribution in [2.75, 3.05) is 0 Å². The lowest BCUT2D eigenvalue weighted by Gasteiger charge is -1.97. The Balaban J connectivity index is 2.83. The Kier molecular flexibility index (Phi) is 3.26. The third kappa shape index (κ3) is 3.11. The average Bonchev–Trinajstić information content (AvgIpc) is 2.15. The molecule has 0 bridgehead atoms. The number of benzene rings is 1. The lowest BCUT2D eigenvalue weighted by molar-refractivity contribution is -0.131. The summed E-state index contributed by atoms with van der Waals surface area (Å²) in [5, 5.41) is 8.40. The Bertz CT molecular complexity index is 327. The smallest absolute Gasteiger partial charge is 0.328 e. The molecule has 0 unspecified atom stereocenters. The Morgan fingerprint density at radius 2 is 2.31 bits per heavy atom. The lowest BCUT2D eigenvalue weighted by atomic mass is 10.1. The van der Waals surface area contributed by atoms with Gasteiger partial charge in [0.05, 0.1) is 0 Å². The molecular formula is C11H11O2. The van der Waals surface area contributed by atoms with Crippen molar-refractivity contribution >= 4 is 12.0 Å². The molecule has 0 amide bonds. The summed E-state index contributed by atoms with van der Waals surface area (Å²) < 4.78 is 0. The first-order valence-corrected chi connectivity index (χ1v) is 4.01. The number of hydrogen-bond donors (Lipinski definition) is 1. The minimum Gasteiger partial charge on any atom is -0.478 e. The van der Waals surface area contributed by atoms with Crippen LogP contribution in [0.25, 0.3) is 6.08 Å². The molecule has 1 N–H and O–H groups in total. The minimum atomic E-state index is -0.931. The van der Waals surface area contributed by atoms with Gasteiger partial charge in [-0.15, -0.1) is 0 Å². The topological polar surface area (TPSA) is 37.3 Å². The fourth-order valence-electron chi connectivity index (χ4n) is 1.02. The molecule has 1 aromatic rings.